The first kappa shape index (κ1) is 15.0. The van der Waals surface area contributed by atoms with Gasteiger partial charge in [0.05, 0.1) is 13.5 Å². The number of anilines is 1. The Morgan fingerprint density at radius 1 is 1.32 bits per heavy atom. The number of carbonyl (C=O) groups excluding carboxylic acids is 2. The topological polar surface area (TPSA) is 55.8 Å². The fourth-order valence-electron chi connectivity index (χ4n) is 1.71. The predicted molar refractivity (Wildman–Crippen MR) is 72.3 cm³/mol. The third-order valence-electron chi connectivity index (χ3n) is 2.64. The molecular formula is C14H19NO4. The Bertz CT molecular complexity index is 445. The van der Waals surface area contributed by atoms with Crippen molar-refractivity contribution in [3.05, 3.63) is 24.3 Å². The molecule has 5 heteroatoms. The third-order valence-corrected chi connectivity index (χ3v) is 2.64. The van der Waals surface area contributed by atoms with Crippen LogP contribution >= 0.6 is 0 Å². The molecule has 1 aromatic rings. The number of esters is 2. The first-order valence-corrected chi connectivity index (χ1v) is 6.17. The van der Waals surface area contributed by atoms with Gasteiger partial charge in [0.2, 0.25) is 0 Å². The van der Waals surface area contributed by atoms with E-state index >= 15 is 0 Å². The van der Waals surface area contributed by atoms with E-state index in [-0.39, 0.29) is 11.9 Å². The molecule has 0 aliphatic rings. The van der Waals surface area contributed by atoms with Crippen LogP contribution in [0.1, 0.15) is 20.3 Å². The molecule has 0 radical (unpaired) electrons. The van der Waals surface area contributed by atoms with Crippen molar-refractivity contribution in [2.75, 3.05) is 25.1 Å². The lowest BCUT2D eigenvalue weighted by molar-refractivity contribution is -0.140. The van der Waals surface area contributed by atoms with E-state index in [2.05, 4.69) is 4.74 Å². The number of rotatable bonds is 6. The number of carbonyl (C=O) groups is 2. The smallest absolute Gasteiger partial charge is 0.308 e. The summed E-state index contributed by atoms with van der Waals surface area (Å²) < 4.78 is 9.66. The van der Waals surface area contributed by atoms with Crippen LogP contribution in [0.2, 0.25) is 0 Å². The summed E-state index contributed by atoms with van der Waals surface area (Å²) in [7, 11) is 1.37. The highest BCUT2D eigenvalue weighted by atomic mass is 16.5. The highest BCUT2D eigenvalue weighted by molar-refractivity contribution is 5.71. The minimum Gasteiger partial charge on any atom is -0.469 e. The van der Waals surface area contributed by atoms with E-state index in [1.807, 2.05) is 24.0 Å². The van der Waals surface area contributed by atoms with Gasteiger partial charge in [0, 0.05) is 31.8 Å². The predicted octanol–water partition coefficient (Wildman–Crippen LogP) is 2.00. The Hall–Kier alpha value is -2.04. The van der Waals surface area contributed by atoms with Gasteiger partial charge in [0.1, 0.15) is 5.75 Å². The fourth-order valence-corrected chi connectivity index (χ4v) is 1.71. The number of hydrogen-bond acceptors (Lipinski definition) is 5. The maximum Gasteiger partial charge on any atom is 0.308 e. The van der Waals surface area contributed by atoms with Gasteiger partial charge >= 0.3 is 11.9 Å². The van der Waals surface area contributed by atoms with E-state index in [1.165, 1.54) is 14.0 Å². The van der Waals surface area contributed by atoms with Crippen molar-refractivity contribution < 1.29 is 19.1 Å². The first-order chi connectivity index (χ1) is 9.06. The molecule has 0 aliphatic heterocycles. The van der Waals surface area contributed by atoms with Crippen LogP contribution in [-0.4, -0.2) is 32.1 Å². The summed E-state index contributed by atoms with van der Waals surface area (Å²) in [6.45, 7) is 4.67. The maximum absolute atomic E-state index is 11.2. The van der Waals surface area contributed by atoms with Gasteiger partial charge in [-0.15, -0.1) is 0 Å². The van der Waals surface area contributed by atoms with Gasteiger partial charge in [-0.1, -0.05) is 6.07 Å². The van der Waals surface area contributed by atoms with Crippen molar-refractivity contribution >= 4 is 17.6 Å². The minimum absolute atomic E-state index is 0.241. The largest absolute Gasteiger partial charge is 0.469 e. The number of ether oxygens (including phenoxy) is 2. The number of benzene rings is 1. The van der Waals surface area contributed by atoms with E-state index in [1.54, 1.807) is 12.1 Å². The first-order valence-electron chi connectivity index (χ1n) is 6.17. The summed E-state index contributed by atoms with van der Waals surface area (Å²) in [5, 5.41) is 0. The maximum atomic E-state index is 11.2. The zero-order chi connectivity index (χ0) is 14.3. The fraction of sp³-hybridized carbons (Fsp3) is 0.429. The molecule has 0 aromatic heterocycles. The van der Waals surface area contributed by atoms with Crippen molar-refractivity contribution in [2.24, 2.45) is 0 Å². The van der Waals surface area contributed by atoms with E-state index in [4.69, 9.17) is 4.74 Å². The van der Waals surface area contributed by atoms with Gasteiger partial charge in [-0.25, -0.2) is 0 Å². The van der Waals surface area contributed by atoms with Crippen molar-refractivity contribution in [1.82, 2.24) is 0 Å². The van der Waals surface area contributed by atoms with Crippen molar-refractivity contribution in [1.29, 1.82) is 0 Å². The summed E-state index contributed by atoms with van der Waals surface area (Å²) in [5.41, 5.74) is 0.908. The van der Waals surface area contributed by atoms with Crippen LogP contribution in [0.4, 0.5) is 5.69 Å². The van der Waals surface area contributed by atoms with Crippen molar-refractivity contribution in [2.45, 2.75) is 20.3 Å². The average Bonchev–Trinajstić information content (AvgIpc) is 2.38. The summed E-state index contributed by atoms with van der Waals surface area (Å²) in [6, 6.07) is 7.23. The highest BCUT2D eigenvalue weighted by Crippen LogP contribution is 2.21. The van der Waals surface area contributed by atoms with Gasteiger partial charge < -0.3 is 14.4 Å². The molecule has 0 atom stereocenters. The SMILES string of the molecule is CCN(CCC(=O)OC)c1cccc(OC(C)=O)c1. The van der Waals surface area contributed by atoms with E-state index in [0.717, 1.165) is 12.2 Å². The Kier molecular flexibility index (Phi) is 5.85. The molecule has 0 spiro atoms. The molecule has 0 fully saturated rings. The summed E-state index contributed by atoms with van der Waals surface area (Å²) >= 11 is 0. The quantitative estimate of drug-likeness (QED) is 0.581. The molecule has 19 heavy (non-hydrogen) atoms. The van der Waals surface area contributed by atoms with Gasteiger partial charge in [-0.05, 0) is 19.1 Å². The lowest BCUT2D eigenvalue weighted by atomic mass is 10.2. The number of hydrogen-bond donors (Lipinski definition) is 0. The molecule has 0 amide bonds. The van der Waals surface area contributed by atoms with E-state index in [9.17, 15) is 9.59 Å². The van der Waals surface area contributed by atoms with Gasteiger partial charge in [-0.2, -0.15) is 0 Å². The monoisotopic (exact) mass is 265 g/mol. The van der Waals surface area contributed by atoms with Crippen molar-refractivity contribution in [3.8, 4) is 5.75 Å². The Labute approximate surface area is 113 Å². The molecule has 0 saturated carbocycles. The zero-order valence-corrected chi connectivity index (χ0v) is 11.5. The molecule has 5 nitrogen and oxygen atoms in total. The molecular weight excluding hydrogens is 246 g/mol. The molecule has 104 valence electrons. The molecule has 0 unspecified atom stereocenters. The summed E-state index contributed by atoms with van der Waals surface area (Å²) in [5.74, 6) is -0.0918. The van der Waals surface area contributed by atoms with Crippen LogP contribution in [0.3, 0.4) is 0 Å². The van der Waals surface area contributed by atoms with Gasteiger partial charge in [0.25, 0.3) is 0 Å². The van der Waals surface area contributed by atoms with E-state index < -0.39 is 0 Å². The Morgan fingerprint density at radius 2 is 2.05 bits per heavy atom. The molecule has 0 aliphatic carbocycles. The third kappa shape index (κ3) is 4.99. The lowest BCUT2D eigenvalue weighted by Gasteiger charge is -2.22. The van der Waals surface area contributed by atoms with E-state index in [0.29, 0.717) is 18.7 Å². The molecule has 0 heterocycles. The van der Waals surface area contributed by atoms with Gasteiger partial charge in [-0.3, -0.25) is 9.59 Å². The molecule has 1 aromatic carbocycles. The lowest BCUT2D eigenvalue weighted by Crippen LogP contribution is -2.26. The van der Waals surface area contributed by atoms with Crippen LogP contribution < -0.4 is 9.64 Å². The van der Waals surface area contributed by atoms with Crippen LogP contribution in [0.25, 0.3) is 0 Å². The Morgan fingerprint density at radius 3 is 2.63 bits per heavy atom. The molecule has 0 N–H and O–H groups in total. The minimum atomic E-state index is -0.352. The van der Waals surface area contributed by atoms with Crippen LogP contribution in [0.15, 0.2) is 24.3 Å². The van der Waals surface area contributed by atoms with Gasteiger partial charge in [0.15, 0.2) is 0 Å². The number of methoxy groups -OCH3 is 1. The molecule has 0 bridgehead atoms. The Balaban J connectivity index is 2.74. The standard InChI is InChI=1S/C14H19NO4/c1-4-15(9-8-14(17)18-3)12-6-5-7-13(10-12)19-11(2)16/h5-7,10H,4,8-9H2,1-3H3. The van der Waals surface area contributed by atoms with Crippen LogP contribution in [0, 0.1) is 0 Å². The second kappa shape index (κ2) is 7.41. The number of nitrogens with zero attached hydrogens (tertiary/aromatic N) is 1. The second-order valence-corrected chi connectivity index (χ2v) is 4.00. The zero-order valence-electron chi connectivity index (χ0n) is 11.5. The normalized spacial score (nSPS) is 9.84. The molecule has 1 rings (SSSR count). The summed E-state index contributed by atoms with van der Waals surface area (Å²) in [6.07, 6.45) is 0.322. The summed E-state index contributed by atoms with van der Waals surface area (Å²) in [4.78, 5) is 24.1. The second-order valence-electron chi connectivity index (χ2n) is 4.00. The highest BCUT2D eigenvalue weighted by Gasteiger charge is 2.09. The van der Waals surface area contributed by atoms with Crippen LogP contribution in [0.5, 0.6) is 5.75 Å². The van der Waals surface area contributed by atoms with Crippen molar-refractivity contribution in [3.63, 3.8) is 0 Å². The van der Waals surface area contributed by atoms with Crippen LogP contribution in [-0.2, 0) is 14.3 Å². The molecule has 0 saturated heterocycles. The average molecular weight is 265 g/mol.